The summed E-state index contributed by atoms with van der Waals surface area (Å²) in [5, 5.41) is 11.8. The molecule has 1 atom stereocenters. The van der Waals surface area contributed by atoms with Crippen molar-refractivity contribution >= 4 is 28.7 Å². The molecule has 1 aliphatic heterocycles. The fourth-order valence-corrected chi connectivity index (χ4v) is 5.91. The maximum Gasteiger partial charge on any atom is 0.294 e. The number of carbonyl (C=O) groups excluding carboxylic acids is 2. The van der Waals surface area contributed by atoms with Crippen LogP contribution in [-0.4, -0.2) is 26.8 Å². The second kappa shape index (κ2) is 10.8. The van der Waals surface area contributed by atoms with Gasteiger partial charge < -0.3 is 9.84 Å². The van der Waals surface area contributed by atoms with Crippen LogP contribution in [0.5, 0.6) is 11.5 Å². The molecule has 2 aromatic heterocycles. The zero-order chi connectivity index (χ0) is 28.5. The molecule has 8 heteroatoms. The molecule has 0 spiro atoms. The van der Waals surface area contributed by atoms with Crippen molar-refractivity contribution in [1.82, 2.24) is 9.97 Å². The van der Waals surface area contributed by atoms with Gasteiger partial charge in [-0.1, -0.05) is 48.5 Å². The van der Waals surface area contributed by atoms with Gasteiger partial charge in [0, 0.05) is 23.6 Å². The molecular weight excluding hydrogens is 534 g/mol. The molecular formula is C33H25N3O4S. The van der Waals surface area contributed by atoms with E-state index in [4.69, 9.17) is 4.74 Å². The fraction of sp³-hybridized carbons (Fsp3) is 0.0909. The van der Waals surface area contributed by atoms with E-state index in [1.54, 1.807) is 55.7 Å². The molecule has 0 aliphatic carbocycles. The first kappa shape index (κ1) is 26.2. The lowest BCUT2D eigenvalue weighted by Crippen LogP contribution is -2.31. The average Bonchev–Trinajstić information content (AvgIpc) is 3.51. The van der Waals surface area contributed by atoms with Gasteiger partial charge in [-0.05, 0) is 67.4 Å². The van der Waals surface area contributed by atoms with Crippen LogP contribution in [0.2, 0.25) is 0 Å². The molecule has 3 aromatic carbocycles. The number of amides is 1. The van der Waals surface area contributed by atoms with E-state index in [1.807, 2.05) is 61.5 Å². The number of hydrogen-bond acceptors (Lipinski definition) is 7. The number of ketones is 1. The lowest BCUT2D eigenvalue weighted by molar-refractivity contribution is -0.117. The van der Waals surface area contributed by atoms with Crippen LogP contribution >= 0.6 is 11.3 Å². The first-order valence-corrected chi connectivity index (χ1v) is 13.8. The van der Waals surface area contributed by atoms with Gasteiger partial charge in [0.05, 0.1) is 22.2 Å². The van der Waals surface area contributed by atoms with E-state index in [0.717, 1.165) is 11.1 Å². The molecule has 1 amide bonds. The lowest BCUT2D eigenvalue weighted by Gasteiger charge is -2.26. The molecule has 6 rings (SSSR count). The number of aliphatic hydroxyl groups is 1. The second-order valence-corrected chi connectivity index (χ2v) is 10.7. The lowest BCUT2D eigenvalue weighted by atomic mass is 9.96. The minimum atomic E-state index is -0.881. The van der Waals surface area contributed by atoms with Crippen LogP contribution < -0.4 is 9.64 Å². The van der Waals surface area contributed by atoms with Crippen molar-refractivity contribution < 1.29 is 19.4 Å². The van der Waals surface area contributed by atoms with E-state index in [1.165, 1.54) is 16.2 Å². The Bertz CT molecular complexity index is 1780. The monoisotopic (exact) mass is 559 g/mol. The molecule has 1 aliphatic rings. The van der Waals surface area contributed by atoms with Crippen LogP contribution in [0.3, 0.4) is 0 Å². The van der Waals surface area contributed by atoms with Gasteiger partial charge in [0.2, 0.25) is 5.78 Å². The molecule has 0 fully saturated rings. The highest BCUT2D eigenvalue weighted by Crippen LogP contribution is 2.43. The number of aromatic nitrogens is 2. The Morgan fingerprint density at radius 2 is 1.71 bits per heavy atom. The number of pyridine rings is 1. The molecule has 0 radical (unpaired) electrons. The van der Waals surface area contributed by atoms with E-state index >= 15 is 0 Å². The number of ether oxygens (including phenoxy) is 1. The minimum absolute atomic E-state index is 0.00514. The summed E-state index contributed by atoms with van der Waals surface area (Å²) >= 11 is 1.24. The number of aryl methyl sites for hydroxylation is 2. The van der Waals surface area contributed by atoms with E-state index in [-0.39, 0.29) is 5.57 Å². The van der Waals surface area contributed by atoms with Gasteiger partial charge in [-0.15, -0.1) is 11.3 Å². The van der Waals surface area contributed by atoms with Crippen LogP contribution in [0, 0.1) is 13.8 Å². The molecule has 0 saturated carbocycles. The van der Waals surface area contributed by atoms with Crippen molar-refractivity contribution in [2.24, 2.45) is 0 Å². The van der Waals surface area contributed by atoms with Gasteiger partial charge in [0.1, 0.15) is 16.5 Å². The van der Waals surface area contributed by atoms with Crippen LogP contribution in [0.1, 0.15) is 32.5 Å². The standard InChI is InChI=1S/C33H25N3O4S/c1-20-8-6-12-26(18-20)40-25-15-13-24(14-16-25)36-28(23-11-7-17-34-19-23)27(30(38)33(36)39)29(37)31-21(2)35-32(41-31)22-9-4-3-5-10-22/h3-19,28,38H,1-2H3. The topological polar surface area (TPSA) is 92.6 Å². The SMILES string of the molecule is Cc1cccc(Oc2ccc(N3C(=O)C(O)=C(C(=O)c4sc(-c5ccccc5)nc4C)C3c3cccnc3)cc2)c1. The quantitative estimate of drug-likeness (QED) is 0.209. The molecule has 1 N–H and O–H groups in total. The van der Waals surface area contributed by atoms with Crippen LogP contribution in [0.15, 0.2) is 115 Å². The Hall–Kier alpha value is -5.08. The average molecular weight is 560 g/mol. The minimum Gasteiger partial charge on any atom is -0.503 e. The zero-order valence-electron chi connectivity index (χ0n) is 22.3. The van der Waals surface area contributed by atoms with Gasteiger partial charge in [-0.3, -0.25) is 19.5 Å². The Balaban J connectivity index is 1.37. The number of Topliss-reactive ketones (excluding diaryl/α,β-unsaturated/α-hetero) is 1. The van der Waals surface area contributed by atoms with Gasteiger partial charge in [0.15, 0.2) is 5.76 Å². The third kappa shape index (κ3) is 5.01. The molecule has 3 heterocycles. The molecule has 0 saturated heterocycles. The molecule has 1 unspecified atom stereocenters. The fourth-order valence-electron chi connectivity index (χ4n) is 4.88. The van der Waals surface area contributed by atoms with E-state index in [2.05, 4.69) is 9.97 Å². The zero-order valence-corrected chi connectivity index (χ0v) is 23.1. The first-order chi connectivity index (χ1) is 19.9. The Labute approximate surface area is 241 Å². The number of rotatable bonds is 7. The molecule has 0 bridgehead atoms. The number of anilines is 1. The second-order valence-electron chi connectivity index (χ2n) is 9.67. The number of aliphatic hydroxyl groups excluding tert-OH is 1. The van der Waals surface area contributed by atoms with Crippen LogP contribution in [-0.2, 0) is 4.79 Å². The predicted octanol–water partition coefficient (Wildman–Crippen LogP) is 7.40. The Morgan fingerprint density at radius 1 is 0.927 bits per heavy atom. The highest BCUT2D eigenvalue weighted by Gasteiger charge is 2.45. The maximum atomic E-state index is 14.0. The summed E-state index contributed by atoms with van der Waals surface area (Å²) in [5.41, 5.74) is 3.59. The van der Waals surface area contributed by atoms with Crippen molar-refractivity contribution in [2.75, 3.05) is 4.90 Å². The van der Waals surface area contributed by atoms with Crippen LogP contribution in [0.25, 0.3) is 10.6 Å². The molecule has 5 aromatic rings. The first-order valence-electron chi connectivity index (χ1n) is 13.0. The van der Waals surface area contributed by atoms with Crippen molar-refractivity contribution in [1.29, 1.82) is 0 Å². The highest BCUT2D eigenvalue weighted by molar-refractivity contribution is 7.17. The number of benzene rings is 3. The molecule has 41 heavy (non-hydrogen) atoms. The van der Waals surface area contributed by atoms with Gasteiger partial charge >= 0.3 is 0 Å². The third-order valence-corrected chi connectivity index (χ3v) is 8.02. The summed E-state index contributed by atoms with van der Waals surface area (Å²) in [7, 11) is 0. The van der Waals surface area contributed by atoms with Crippen molar-refractivity contribution in [3.05, 3.63) is 136 Å². The third-order valence-electron chi connectivity index (χ3n) is 6.82. The van der Waals surface area contributed by atoms with Crippen LogP contribution in [0.4, 0.5) is 5.69 Å². The molecule has 202 valence electrons. The number of hydrogen-bond donors (Lipinski definition) is 1. The predicted molar refractivity (Wildman–Crippen MR) is 158 cm³/mol. The summed E-state index contributed by atoms with van der Waals surface area (Å²) in [6.07, 6.45) is 3.22. The van der Waals surface area contributed by atoms with E-state index in [9.17, 15) is 14.7 Å². The van der Waals surface area contributed by atoms with Crippen molar-refractivity contribution in [3.8, 4) is 22.1 Å². The van der Waals surface area contributed by atoms with Gasteiger partial charge in [0.25, 0.3) is 5.91 Å². The summed E-state index contributed by atoms with van der Waals surface area (Å²) < 4.78 is 5.97. The Kier molecular flexibility index (Phi) is 6.91. The number of thiazole rings is 1. The van der Waals surface area contributed by atoms with Crippen molar-refractivity contribution in [2.45, 2.75) is 19.9 Å². The smallest absolute Gasteiger partial charge is 0.294 e. The van der Waals surface area contributed by atoms with Crippen molar-refractivity contribution in [3.63, 3.8) is 0 Å². The highest BCUT2D eigenvalue weighted by atomic mass is 32.1. The van der Waals surface area contributed by atoms with Gasteiger partial charge in [-0.25, -0.2) is 4.98 Å². The van der Waals surface area contributed by atoms with E-state index < -0.39 is 23.5 Å². The van der Waals surface area contributed by atoms with Gasteiger partial charge in [-0.2, -0.15) is 0 Å². The largest absolute Gasteiger partial charge is 0.503 e. The molecule has 7 nitrogen and oxygen atoms in total. The summed E-state index contributed by atoms with van der Waals surface area (Å²) in [6.45, 7) is 3.75. The summed E-state index contributed by atoms with van der Waals surface area (Å²) in [6, 6.07) is 26.9. The number of carbonyl (C=O) groups is 2. The summed E-state index contributed by atoms with van der Waals surface area (Å²) in [5.74, 6) is -0.404. The normalized spacial score (nSPS) is 14.9. The number of nitrogens with zero attached hydrogens (tertiary/aromatic N) is 3. The summed E-state index contributed by atoms with van der Waals surface area (Å²) in [4.78, 5) is 38.2. The Morgan fingerprint density at radius 3 is 2.41 bits per heavy atom. The van der Waals surface area contributed by atoms with E-state index in [0.29, 0.717) is 38.3 Å². The maximum absolute atomic E-state index is 14.0.